The largest absolute Gasteiger partial charge is 0.456 e. The Hall–Kier alpha value is -7.36. The van der Waals surface area contributed by atoms with E-state index >= 15 is 0 Å². The molecule has 2 heterocycles. The van der Waals surface area contributed by atoms with Crippen LogP contribution in [0.15, 0.2) is 209 Å². The maximum absolute atomic E-state index is 6.84. The minimum Gasteiger partial charge on any atom is -0.456 e. The Kier molecular flexibility index (Phi) is 7.17. The van der Waals surface area contributed by atoms with Gasteiger partial charge in [0, 0.05) is 49.6 Å². The summed E-state index contributed by atoms with van der Waals surface area (Å²) >= 11 is 0. The van der Waals surface area contributed by atoms with Crippen molar-refractivity contribution in [1.29, 1.82) is 0 Å². The molecule has 0 fully saturated rings. The predicted octanol–water partition coefficient (Wildman–Crippen LogP) is 15.1. The van der Waals surface area contributed by atoms with Gasteiger partial charge in [0.05, 0.1) is 0 Å². The molecular weight excluding hydrogens is 671 g/mol. The summed E-state index contributed by atoms with van der Waals surface area (Å²) in [6, 6.07) is 70.8. The van der Waals surface area contributed by atoms with E-state index < -0.39 is 0 Å². The summed E-state index contributed by atoms with van der Waals surface area (Å²) in [6.45, 7) is 0. The molecule has 0 saturated heterocycles. The van der Waals surface area contributed by atoms with Gasteiger partial charge in [-0.3, -0.25) is 0 Å². The highest BCUT2D eigenvalue weighted by Gasteiger charge is 2.19. The first kappa shape index (κ1) is 31.2. The SMILES string of the molecule is c1ccc(-c2cc3c4cccc(-c5ccc(N(c6ccccc6)c6ccc(-c7cccc8oc9ccccc9c78)cc6)cc5)c4oc3c3ccccc23)cc1. The molecule has 3 nitrogen and oxygen atoms in total. The number of fused-ring (bicyclic) bond motifs is 8. The minimum absolute atomic E-state index is 0.900. The minimum atomic E-state index is 0.900. The highest BCUT2D eigenvalue weighted by atomic mass is 16.3. The molecule has 0 atom stereocenters. The quantitative estimate of drug-likeness (QED) is 0.173. The molecule has 0 aliphatic rings. The zero-order valence-electron chi connectivity index (χ0n) is 29.8. The lowest BCUT2D eigenvalue weighted by Crippen LogP contribution is -2.09. The molecule has 0 spiro atoms. The van der Waals surface area contributed by atoms with Crippen LogP contribution in [0.3, 0.4) is 0 Å². The summed E-state index contributed by atoms with van der Waals surface area (Å²) < 4.78 is 13.0. The lowest BCUT2D eigenvalue weighted by atomic mass is 9.95. The molecule has 55 heavy (non-hydrogen) atoms. The number of para-hydroxylation sites is 3. The monoisotopic (exact) mass is 703 g/mol. The molecule has 0 aliphatic carbocycles. The van der Waals surface area contributed by atoms with Crippen LogP contribution in [0.25, 0.3) is 88.0 Å². The Balaban J connectivity index is 0.995. The molecule has 11 rings (SSSR count). The summed E-state index contributed by atoms with van der Waals surface area (Å²) in [7, 11) is 0. The van der Waals surface area contributed by atoms with E-state index in [4.69, 9.17) is 8.83 Å². The number of furan rings is 2. The smallest absolute Gasteiger partial charge is 0.143 e. The first-order chi connectivity index (χ1) is 27.3. The Morgan fingerprint density at radius 3 is 1.55 bits per heavy atom. The zero-order chi connectivity index (χ0) is 36.3. The van der Waals surface area contributed by atoms with Gasteiger partial charge in [-0.25, -0.2) is 0 Å². The summed E-state index contributed by atoms with van der Waals surface area (Å²) in [4.78, 5) is 2.31. The van der Waals surface area contributed by atoms with Gasteiger partial charge in [-0.2, -0.15) is 0 Å². The van der Waals surface area contributed by atoms with Gasteiger partial charge in [0.2, 0.25) is 0 Å². The molecule has 0 aliphatic heterocycles. The number of nitrogens with zero attached hydrogens (tertiary/aromatic N) is 1. The second-order valence-corrected chi connectivity index (χ2v) is 14.0. The van der Waals surface area contributed by atoms with Crippen LogP contribution < -0.4 is 4.90 Å². The summed E-state index contributed by atoms with van der Waals surface area (Å²) in [5, 5.41) is 6.83. The van der Waals surface area contributed by atoms with E-state index in [1.54, 1.807) is 0 Å². The number of rotatable bonds is 6. The molecule has 0 bridgehead atoms. The average molecular weight is 704 g/mol. The molecule has 11 aromatic rings. The van der Waals surface area contributed by atoms with Crippen LogP contribution in [0, 0.1) is 0 Å². The van der Waals surface area contributed by atoms with E-state index in [-0.39, 0.29) is 0 Å². The molecule has 0 amide bonds. The Labute approximate surface area is 317 Å². The third kappa shape index (κ3) is 5.13. The van der Waals surface area contributed by atoms with Crippen molar-refractivity contribution in [2.45, 2.75) is 0 Å². The van der Waals surface area contributed by atoms with Crippen LogP contribution in [0.4, 0.5) is 17.1 Å². The highest BCUT2D eigenvalue weighted by Crippen LogP contribution is 2.44. The van der Waals surface area contributed by atoms with Gasteiger partial charge in [-0.15, -0.1) is 0 Å². The zero-order valence-corrected chi connectivity index (χ0v) is 29.8. The summed E-state index contributed by atoms with van der Waals surface area (Å²) in [5.74, 6) is 0. The molecule has 0 unspecified atom stereocenters. The fourth-order valence-electron chi connectivity index (χ4n) is 8.32. The standard InChI is InChI=1S/C52H33NO2/c1-3-13-34(14-4-1)46-33-47-44-22-11-21-41(51(44)55-52(47)43-18-8-7-17-42(43)46)36-27-31-39(32-28-36)53(37-15-5-2-6-16-37)38-29-25-35(26-30-38)40-20-12-24-49-50(40)45-19-9-10-23-48(45)54-49/h1-33H. The van der Waals surface area contributed by atoms with Gasteiger partial charge in [-0.1, -0.05) is 146 Å². The molecular formula is C52H33NO2. The second-order valence-electron chi connectivity index (χ2n) is 14.0. The van der Waals surface area contributed by atoms with Crippen molar-refractivity contribution in [3.63, 3.8) is 0 Å². The molecule has 0 N–H and O–H groups in total. The first-order valence-electron chi connectivity index (χ1n) is 18.7. The molecule has 2 aromatic heterocycles. The van der Waals surface area contributed by atoms with Gasteiger partial charge in [0.1, 0.15) is 22.3 Å². The summed E-state index contributed by atoms with van der Waals surface area (Å²) in [6.07, 6.45) is 0. The molecule has 0 radical (unpaired) electrons. The van der Waals surface area contributed by atoms with Crippen LogP contribution >= 0.6 is 0 Å². The fourth-order valence-corrected chi connectivity index (χ4v) is 8.32. The molecule has 3 heteroatoms. The number of anilines is 3. The average Bonchev–Trinajstić information content (AvgIpc) is 3.84. The Morgan fingerprint density at radius 2 is 0.800 bits per heavy atom. The van der Waals surface area contributed by atoms with Crippen molar-refractivity contribution < 1.29 is 8.83 Å². The van der Waals surface area contributed by atoms with Crippen LogP contribution in [0.1, 0.15) is 0 Å². The lowest BCUT2D eigenvalue weighted by molar-refractivity contribution is 0.669. The normalized spacial score (nSPS) is 11.6. The van der Waals surface area contributed by atoms with Crippen molar-refractivity contribution in [3.8, 4) is 33.4 Å². The van der Waals surface area contributed by atoms with Crippen molar-refractivity contribution in [3.05, 3.63) is 200 Å². The van der Waals surface area contributed by atoms with Crippen LogP contribution in [-0.2, 0) is 0 Å². The molecule has 0 saturated carbocycles. The molecule has 9 aromatic carbocycles. The van der Waals surface area contributed by atoms with Crippen molar-refractivity contribution in [2.24, 2.45) is 0 Å². The van der Waals surface area contributed by atoms with Crippen molar-refractivity contribution in [1.82, 2.24) is 0 Å². The van der Waals surface area contributed by atoms with E-state index in [2.05, 4.69) is 187 Å². The summed E-state index contributed by atoms with van der Waals surface area (Å²) in [5.41, 5.74) is 13.7. The molecule has 258 valence electrons. The third-order valence-electron chi connectivity index (χ3n) is 10.9. The van der Waals surface area contributed by atoms with E-state index in [1.165, 1.54) is 16.5 Å². The van der Waals surface area contributed by atoms with E-state index in [0.717, 1.165) is 88.6 Å². The number of benzene rings is 9. The number of hydrogen-bond donors (Lipinski definition) is 0. The third-order valence-corrected chi connectivity index (χ3v) is 10.9. The van der Waals surface area contributed by atoms with Crippen LogP contribution in [0.2, 0.25) is 0 Å². The second kappa shape index (κ2) is 12.6. The van der Waals surface area contributed by atoms with Crippen LogP contribution in [-0.4, -0.2) is 0 Å². The highest BCUT2D eigenvalue weighted by molar-refractivity contribution is 6.20. The van der Waals surface area contributed by atoms with E-state index in [0.29, 0.717) is 0 Å². The topological polar surface area (TPSA) is 29.5 Å². The van der Waals surface area contributed by atoms with Gasteiger partial charge < -0.3 is 13.7 Å². The van der Waals surface area contributed by atoms with Gasteiger partial charge in [0.15, 0.2) is 0 Å². The maximum atomic E-state index is 6.84. The number of hydrogen-bond acceptors (Lipinski definition) is 3. The first-order valence-corrected chi connectivity index (χ1v) is 18.7. The maximum Gasteiger partial charge on any atom is 0.143 e. The predicted molar refractivity (Wildman–Crippen MR) is 229 cm³/mol. The Bertz CT molecular complexity index is 3180. The Morgan fingerprint density at radius 1 is 0.291 bits per heavy atom. The van der Waals surface area contributed by atoms with E-state index in [9.17, 15) is 0 Å². The van der Waals surface area contributed by atoms with Crippen LogP contribution in [0.5, 0.6) is 0 Å². The fraction of sp³-hybridized carbons (Fsp3) is 0. The van der Waals surface area contributed by atoms with Gasteiger partial charge in [0.25, 0.3) is 0 Å². The lowest BCUT2D eigenvalue weighted by Gasteiger charge is -2.26. The van der Waals surface area contributed by atoms with Crippen molar-refractivity contribution >= 4 is 71.7 Å². The van der Waals surface area contributed by atoms with Gasteiger partial charge in [-0.05, 0) is 87.8 Å². The van der Waals surface area contributed by atoms with Gasteiger partial charge >= 0.3 is 0 Å². The van der Waals surface area contributed by atoms with E-state index in [1.807, 2.05) is 18.2 Å². The van der Waals surface area contributed by atoms with Crippen molar-refractivity contribution in [2.75, 3.05) is 4.90 Å².